The molecule has 23 heavy (non-hydrogen) atoms. The molecule has 0 atom stereocenters. The molecular formula is C18H24N4O. The van der Waals surface area contributed by atoms with Gasteiger partial charge in [-0.3, -0.25) is 4.79 Å². The third-order valence-corrected chi connectivity index (χ3v) is 3.70. The van der Waals surface area contributed by atoms with Gasteiger partial charge in [-0.05, 0) is 25.5 Å². The number of aromatic nitrogens is 2. The summed E-state index contributed by atoms with van der Waals surface area (Å²) in [4.78, 5) is 25.1. The van der Waals surface area contributed by atoms with Crippen LogP contribution in [0, 0.1) is 0 Å². The average Bonchev–Trinajstić information content (AvgIpc) is 2.61. The molecule has 2 rings (SSSR count). The fourth-order valence-corrected chi connectivity index (χ4v) is 2.33. The quantitative estimate of drug-likeness (QED) is 0.786. The van der Waals surface area contributed by atoms with Crippen molar-refractivity contribution in [3.8, 4) is 0 Å². The predicted molar refractivity (Wildman–Crippen MR) is 94.0 cm³/mol. The van der Waals surface area contributed by atoms with Crippen LogP contribution in [-0.2, 0) is 0 Å². The highest BCUT2D eigenvalue weighted by atomic mass is 16.2. The van der Waals surface area contributed by atoms with Crippen LogP contribution in [0.3, 0.4) is 0 Å². The molecule has 5 heteroatoms. The van der Waals surface area contributed by atoms with Gasteiger partial charge in [0.05, 0.1) is 5.56 Å². The molecule has 0 saturated carbocycles. The highest BCUT2D eigenvalue weighted by Gasteiger charge is 2.17. The summed E-state index contributed by atoms with van der Waals surface area (Å²) in [6.45, 7) is 5.62. The van der Waals surface area contributed by atoms with Gasteiger partial charge >= 0.3 is 0 Å². The molecule has 0 unspecified atom stereocenters. The Kier molecular flexibility index (Phi) is 6.09. The molecule has 0 spiro atoms. The van der Waals surface area contributed by atoms with Crippen molar-refractivity contribution in [2.75, 3.05) is 29.9 Å². The maximum absolute atomic E-state index is 12.7. The SMILES string of the molecule is CCCCN(C)c1ncc(C(=O)N(CC)c2ccccc2)cn1. The fourth-order valence-electron chi connectivity index (χ4n) is 2.33. The molecule has 1 aromatic heterocycles. The molecule has 0 aliphatic heterocycles. The molecule has 2 aromatic rings. The summed E-state index contributed by atoms with van der Waals surface area (Å²) in [7, 11) is 1.97. The first kappa shape index (κ1) is 16.9. The highest BCUT2D eigenvalue weighted by Crippen LogP contribution is 2.16. The number of unbranched alkanes of at least 4 members (excludes halogenated alkanes) is 1. The van der Waals surface area contributed by atoms with Crippen LogP contribution in [0.15, 0.2) is 42.7 Å². The summed E-state index contributed by atoms with van der Waals surface area (Å²) in [6.07, 6.45) is 5.44. The van der Waals surface area contributed by atoms with Crippen LogP contribution in [-0.4, -0.2) is 36.0 Å². The van der Waals surface area contributed by atoms with Gasteiger partial charge in [0.25, 0.3) is 5.91 Å². The Labute approximate surface area is 138 Å². The van der Waals surface area contributed by atoms with E-state index < -0.39 is 0 Å². The van der Waals surface area contributed by atoms with Crippen molar-refractivity contribution in [2.45, 2.75) is 26.7 Å². The van der Waals surface area contributed by atoms with Crippen molar-refractivity contribution in [3.05, 3.63) is 48.3 Å². The average molecular weight is 312 g/mol. The minimum absolute atomic E-state index is 0.0820. The number of hydrogen-bond acceptors (Lipinski definition) is 4. The Morgan fingerprint density at radius 2 is 1.74 bits per heavy atom. The summed E-state index contributed by atoms with van der Waals surface area (Å²) >= 11 is 0. The molecule has 1 heterocycles. The van der Waals surface area contributed by atoms with Crippen LogP contribution in [0.1, 0.15) is 37.0 Å². The van der Waals surface area contributed by atoms with Gasteiger partial charge in [-0.25, -0.2) is 9.97 Å². The summed E-state index contributed by atoms with van der Waals surface area (Å²) < 4.78 is 0. The van der Waals surface area contributed by atoms with E-state index in [-0.39, 0.29) is 5.91 Å². The van der Waals surface area contributed by atoms with Crippen molar-refractivity contribution >= 4 is 17.5 Å². The summed E-state index contributed by atoms with van der Waals surface area (Å²) in [5, 5.41) is 0. The van der Waals surface area contributed by atoms with E-state index in [2.05, 4.69) is 16.9 Å². The Hall–Kier alpha value is -2.43. The van der Waals surface area contributed by atoms with Crippen LogP contribution in [0.2, 0.25) is 0 Å². The van der Waals surface area contributed by atoms with E-state index >= 15 is 0 Å². The van der Waals surface area contributed by atoms with Gasteiger partial charge in [0.2, 0.25) is 5.95 Å². The number of benzene rings is 1. The molecule has 1 aromatic carbocycles. The normalized spacial score (nSPS) is 10.4. The zero-order valence-corrected chi connectivity index (χ0v) is 14.1. The molecule has 0 radical (unpaired) electrons. The maximum atomic E-state index is 12.7. The standard InChI is InChI=1S/C18H24N4O/c1-4-6-12-21(3)18-19-13-15(14-20-18)17(23)22(5-2)16-10-8-7-9-11-16/h7-11,13-14H,4-6,12H2,1-3H3. The van der Waals surface area contributed by atoms with E-state index in [1.165, 1.54) is 0 Å². The number of amides is 1. The third kappa shape index (κ3) is 4.28. The van der Waals surface area contributed by atoms with Crippen LogP contribution >= 0.6 is 0 Å². The topological polar surface area (TPSA) is 49.3 Å². The Balaban J connectivity index is 2.13. The van der Waals surface area contributed by atoms with Crippen LogP contribution in [0.4, 0.5) is 11.6 Å². The minimum atomic E-state index is -0.0820. The lowest BCUT2D eigenvalue weighted by molar-refractivity contribution is 0.0987. The number of carbonyl (C=O) groups is 1. The van der Waals surface area contributed by atoms with Gasteiger partial charge in [0.15, 0.2) is 0 Å². The summed E-state index contributed by atoms with van der Waals surface area (Å²) in [5.41, 5.74) is 1.38. The molecule has 122 valence electrons. The van der Waals surface area contributed by atoms with Gasteiger partial charge in [0.1, 0.15) is 0 Å². The molecule has 0 saturated heterocycles. The van der Waals surface area contributed by atoms with Gasteiger partial charge in [-0.1, -0.05) is 31.5 Å². The van der Waals surface area contributed by atoms with E-state index in [0.717, 1.165) is 25.1 Å². The Morgan fingerprint density at radius 1 is 1.09 bits per heavy atom. The lowest BCUT2D eigenvalue weighted by Gasteiger charge is -2.21. The number of nitrogens with zero attached hydrogens (tertiary/aromatic N) is 4. The van der Waals surface area contributed by atoms with Gasteiger partial charge < -0.3 is 9.80 Å². The van der Waals surface area contributed by atoms with Crippen molar-refractivity contribution in [1.82, 2.24) is 9.97 Å². The zero-order chi connectivity index (χ0) is 16.7. The van der Waals surface area contributed by atoms with E-state index in [1.807, 2.05) is 49.2 Å². The van der Waals surface area contributed by atoms with Crippen molar-refractivity contribution in [2.24, 2.45) is 0 Å². The fraction of sp³-hybridized carbons (Fsp3) is 0.389. The molecule has 5 nitrogen and oxygen atoms in total. The Morgan fingerprint density at radius 3 is 2.30 bits per heavy atom. The van der Waals surface area contributed by atoms with Gasteiger partial charge in [-0.15, -0.1) is 0 Å². The van der Waals surface area contributed by atoms with Crippen molar-refractivity contribution in [1.29, 1.82) is 0 Å². The van der Waals surface area contributed by atoms with Crippen molar-refractivity contribution in [3.63, 3.8) is 0 Å². The second kappa shape index (κ2) is 8.27. The number of anilines is 2. The maximum Gasteiger partial charge on any atom is 0.261 e. The van der Waals surface area contributed by atoms with Crippen LogP contribution in [0.5, 0.6) is 0 Å². The number of hydrogen-bond donors (Lipinski definition) is 0. The van der Waals surface area contributed by atoms with E-state index in [0.29, 0.717) is 18.1 Å². The predicted octanol–water partition coefficient (Wildman–Crippen LogP) is 3.38. The van der Waals surface area contributed by atoms with E-state index in [1.54, 1.807) is 17.3 Å². The second-order valence-electron chi connectivity index (χ2n) is 5.43. The van der Waals surface area contributed by atoms with Crippen LogP contribution < -0.4 is 9.80 Å². The molecule has 0 aliphatic rings. The zero-order valence-electron chi connectivity index (χ0n) is 14.1. The van der Waals surface area contributed by atoms with Crippen molar-refractivity contribution < 1.29 is 4.79 Å². The molecule has 1 amide bonds. The lowest BCUT2D eigenvalue weighted by Crippen LogP contribution is -2.31. The van der Waals surface area contributed by atoms with Gasteiger partial charge in [-0.2, -0.15) is 0 Å². The minimum Gasteiger partial charge on any atom is -0.344 e. The molecule has 0 N–H and O–H groups in total. The lowest BCUT2D eigenvalue weighted by atomic mass is 10.2. The second-order valence-corrected chi connectivity index (χ2v) is 5.43. The highest BCUT2D eigenvalue weighted by molar-refractivity contribution is 6.05. The van der Waals surface area contributed by atoms with E-state index in [9.17, 15) is 4.79 Å². The Bertz CT molecular complexity index is 613. The van der Waals surface area contributed by atoms with Gasteiger partial charge in [0, 0.05) is 38.2 Å². The van der Waals surface area contributed by atoms with E-state index in [4.69, 9.17) is 0 Å². The monoisotopic (exact) mass is 312 g/mol. The summed E-state index contributed by atoms with van der Waals surface area (Å²) in [6, 6.07) is 9.64. The molecule has 0 bridgehead atoms. The first-order chi connectivity index (χ1) is 11.2. The molecule has 0 aliphatic carbocycles. The number of carbonyl (C=O) groups excluding carboxylic acids is 1. The largest absolute Gasteiger partial charge is 0.344 e. The smallest absolute Gasteiger partial charge is 0.261 e. The first-order valence-corrected chi connectivity index (χ1v) is 8.07. The number of rotatable bonds is 7. The molecular weight excluding hydrogens is 288 g/mol. The summed E-state index contributed by atoms with van der Waals surface area (Å²) in [5.74, 6) is 0.569. The molecule has 0 fully saturated rings. The van der Waals surface area contributed by atoms with Crippen LogP contribution in [0.25, 0.3) is 0 Å². The first-order valence-electron chi connectivity index (χ1n) is 8.07. The third-order valence-electron chi connectivity index (χ3n) is 3.70. The number of para-hydroxylation sites is 1.